The number of benzene rings is 2. The molecule has 0 N–H and O–H groups in total. The van der Waals surface area contributed by atoms with Crippen molar-refractivity contribution in [3.05, 3.63) is 116 Å². The Bertz CT molecular complexity index is 803. The van der Waals surface area contributed by atoms with Crippen LogP contribution in [-0.4, -0.2) is 12.1 Å². The molecule has 2 aromatic carbocycles. The van der Waals surface area contributed by atoms with Gasteiger partial charge in [0, 0.05) is 18.5 Å². The van der Waals surface area contributed by atoms with Gasteiger partial charge >= 0.3 is 5.97 Å². The van der Waals surface area contributed by atoms with Gasteiger partial charge in [0.25, 0.3) is 0 Å². The number of rotatable bonds is 9. The van der Waals surface area contributed by atoms with Gasteiger partial charge in [-0.25, -0.2) is 0 Å². The van der Waals surface area contributed by atoms with Gasteiger partial charge in [-0.2, -0.15) is 0 Å². The quantitative estimate of drug-likeness (QED) is 0.298. The van der Waals surface area contributed by atoms with Crippen molar-refractivity contribution in [2.24, 2.45) is 0 Å². The van der Waals surface area contributed by atoms with E-state index in [-0.39, 0.29) is 12.1 Å². The van der Waals surface area contributed by atoms with E-state index in [1.165, 1.54) is 10.6 Å². The van der Waals surface area contributed by atoms with Gasteiger partial charge in [-0.05, 0) is 51.6 Å². The lowest BCUT2D eigenvalue weighted by atomic mass is 10.0. The molecule has 1 aliphatic carbocycles. The average Bonchev–Trinajstić information content (AvgIpc) is 3.18. The molecule has 0 aliphatic heterocycles. The fourth-order valence-electron chi connectivity index (χ4n) is 3.51. The summed E-state index contributed by atoms with van der Waals surface area (Å²) in [6.45, 7) is 11.9. The van der Waals surface area contributed by atoms with Gasteiger partial charge in [0.2, 0.25) is 0 Å². The van der Waals surface area contributed by atoms with Crippen molar-refractivity contribution in [2.45, 2.75) is 32.8 Å². The molecule has 0 spiro atoms. The second kappa shape index (κ2) is 10.7. The first-order valence-corrected chi connectivity index (χ1v) is 11.5. The summed E-state index contributed by atoms with van der Waals surface area (Å²) in [6.07, 6.45) is 6.91. The summed E-state index contributed by atoms with van der Waals surface area (Å²) in [5, 5.41) is 2.42. The standard InChI is InChI=1S/C27H28O2P/c1-20(2)18-22(19-21(3)4)29-27(28)25-16-11-17-26(25)30(23-12-7-5-8-13-23)24-14-9-6-10-15-24/h5-17,22H,1,3,18-19H2,2,4H3. The van der Waals surface area contributed by atoms with Crippen LogP contribution in [0, 0.1) is 30.8 Å². The zero-order chi connectivity index (χ0) is 21.5. The van der Waals surface area contributed by atoms with E-state index in [9.17, 15) is 4.79 Å². The molecule has 0 bridgehead atoms. The summed E-state index contributed by atoms with van der Waals surface area (Å²) in [4.78, 5) is 13.2. The van der Waals surface area contributed by atoms with E-state index in [1.54, 1.807) is 0 Å². The molecule has 1 fully saturated rings. The molecule has 0 saturated heterocycles. The molecule has 0 unspecified atom stereocenters. The fraction of sp³-hybridized carbons (Fsp3) is 0.185. The zero-order valence-corrected chi connectivity index (χ0v) is 18.6. The molecule has 2 aromatic rings. The topological polar surface area (TPSA) is 26.3 Å². The first kappa shape index (κ1) is 22.5. The maximum absolute atomic E-state index is 13.2. The Kier molecular flexibility index (Phi) is 8.05. The van der Waals surface area contributed by atoms with E-state index in [1.807, 2.05) is 63.1 Å². The van der Waals surface area contributed by atoms with Crippen LogP contribution in [0.3, 0.4) is 0 Å². The van der Waals surface area contributed by atoms with E-state index < -0.39 is 7.92 Å². The Morgan fingerprint density at radius 2 is 1.37 bits per heavy atom. The molecule has 5 radical (unpaired) electrons. The van der Waals surface area contributed by atoms with Crippen LogP contribution < -0.4 is 10.6 Å². The third-order valence-corrected chi connectivity index (χ3v) is 7.21. The zero-order valence-electron chi connectivity index (χ0n) is 17.7. The van der Waals surface area contributed by atoms with Crippen LogP contribution in [0.1, 0.15) is 26.7 Å². The monoisotopic (exact) mass is 415 g/mol. The van der Waals surface area contributed by atoms with Crippen molar-refractivity contribution in [2.75, 3.05) is 0 Å². The lowest BCUT2D eigenvalue weighted by molar-refractivity contribution is -0.145. The van der Waals surface area contributed by atoms with Crippen LogP contribution >= 0.6 is 7.92 Å². The van der Waals surface area contributed by atoms with Crippen LogP contribution in [0.2, 0.25) is 0 Å². The third kappa shape index (κ3) is 5.92. The predicted molar refractivity (Wildman–Crippen MR) is 127 cm³/mol. The van der Waals surface area contributed by atoms with Crippen molar-refractivity contribution >= 4 is 24.5 Å². The molecule has 0 heterocycles. The Morgan fingerprint density at radius 1 is 0.867 bits per heavy atom. The predicted octanol–water partition coefficient (Wildman–Crippen LogP) is 5.70. The first-order chi connectivity index (χ1) is 14.5. The van der Waals surface area contributed by atoms with E-state index in [2.05, 4.69) is 43.8 Å². The van der Waals surface area contributed by atoms with Crippen molar-refractivity contribution in [1.29, 1.82) is 0 Å². The first-order valence-electron chi connectivity index (χ1n) is 10.1. The highest BCUT2D eigenvalue weighted by Gasteiger charge is 2.42. The van der Waals surface area contributed by atoms with Gasteiger partial charge in [0.15, 0.2) is 0 Å². The van der Waals surface area contributed by atoms with Gasteiger partial charge in [0.05, 0.1) is 0 Å². The molecule has 0 aromatic heterocycles. The molecule has 1 aliphatic rings. The van der Waals surface area contributed by atoms with Gasteiger partial charge in [-0.15, -0.1) is 13.2 Å². The summed E-state index contributed by atoms with van der Waals surface area (Å²) in [5.41, 5.74) is 3.01. The van der Waals surface area contributed by atoms with E-state index in [0.29, 0.717) is 18.8 Å². The van der Waals surface area contributed by atoms with Crippen LogP contribution in [0.5, 0.6) is 0 Å². The Hall–Kier alpha value is -2.18. The molecule has 153 valence electrons. The highest BCUT2D eigenvalue weighted by molar-refractivity contribution is 7.76. The van der Waals surface area contributed by atoms with Gasteiger partial charge in [0.1, 0.15) is 12.0 Å². The van der Waals surface area contributed by atoms with E-state index >= 15 is 0 Å². The normalized spacial score (nSPS) is 14.9. The fourth-order valence-corrected chi connectivity index (χ4v) is 5.94. The van der Waals surface area contributed by atoms with Gasteiger partial charge < -0.3 is 4.74 Å². The third-order valence-electron chi connectivity index (χ3n) is 4.71. The minimum Gasteiger partial charge on any atom is -0.461 e. The smallest absolute Gasteiger partial charge is 0.314 e. The van der Waals surface area contributed by atoms with E-state index in [0.717, 1.165) is 16.8 Å². The molecule has 3 heteroatoms. The van der Waals surface area contributed by atoms with Crippen molar-refractivity contribution < 1.29 is 9.53 Å². The Balaban J connectivity index is 1.85. The maximum atomic E-state index is 13.2. The molecule has 30 heavy (non-hydrogen) atoms. The Labute approximate surface area is 182 Å². The number of hydrogen-bond acceptors (Lipinski definition) is 2. The highest BCUT2D eigenvalue weighted by atomic mass is 31.1. The number of hydrogen-bond donors (Lipinski definition) is 0. The molecule has 3 rings (SSSR count). The number of ether oxygens (including phenoxy) is 1. The second-order valence-electron chi connectivity index (χ2n) is 7.68. The number of carbonyl (C=O) groups is 1. The van der Waals surface area contributed by atoms with E-state index in [4.69, 9.17) is 4.74 Å². The van der Waals surface area contributed by atoms with Crippen molar-refractivity contribution in [3.63, 3.8) is 0 Å². The molecular weight excluding hydrogens is 387 g/mol. The second-order valence-corrected chi connectivity index (χ2v) is 9.87. The summed E-state index contributed by atoms with van der Waals surface area (Å²) >= 11 is 0. The minimum absolute atomic E-state index is 0.241. The van der Waals surface area contributed by atoms with Crippen molar-refractivity contribution in [1.82, 2.24) is 0 Å². The summed E-state index contributed by atoms with van der Waals surface area (Å²) < 4.78 is 5.93. The molecule has 0 amide bonds. The summed E-state index contributed by atoms with van der Waals surface area (Å²) in [6, 6.07) is 20.7. The summed E-state index contributed by atoms with van der Waals surface area (Å²) in [7, 11) is -0.857. The average molecular weight is 415 g/mol. The van der Waals surface area contributed by atoms with Crippen LogP contribution in [0.25, 0.3) is 0 Å². The summed E-state index contributed by atoms with van der Waals surface area (Å²) in [5.74, 6) is 0.365. The number of carbonyl (C=O) groups excluding carboxylic acids is 1. The molecule has 2 nitrogen and oxygen atoms in total. The largest absolute Gasteiger partial charge is 0.461 e. The Morgan fingerprint density at radius 3 is 1.83 bits per heavy atom. The highest BCUT2D eigenvalue weighted by Crippen LogP contribution is 2.56. The molecular formula is C27H28O2P. The van der Waals surface area contributed by atoms with Crippen LogP contribution in [0.4, 0.5) is 0 Å². The number of esters is 1. The van der Waals surface area contributed by atoms with Crippen LogP contribution in [-0.2, 0) is 9.53 Å². The lowest BCUT2D eigenvalue weighted by Crippen LogP contribution is -2.27. The maximum Gasteiger partial charge on any atom is 0.314 e. The van der Waals surface area contributed by atoms with Crippen LogP contribution in [0.15, 0.2) is 85.0 Å². The molecule has 0 atom stereocenters. The van der Waals surface area contributed by atoms with Gasteiger partial charge in [-0.1, -0.05) is 71.8 Å². The SMILES string of the molecule is C=C(C)CC(CC(=C)C)OC(=O)[C]1[CH][CH][CH][C]1P(c1ccccc1)c1ccccc1. The van der Waals surface area contributed by atoms with Gasteiger partial charge in [-0.3, -0.25) is 4.79 Å². The minimum atomic E-state index is -0.857. The lowest BCUT2D eigenvalue weighted by Gasteiger charge is -2.29. The molecule has 1 saturated carbocycles. The van der Waals surface area contributed by atoms with Crippen molar-refractivity contribution in [3.8, 4) is 0 Å².